The standard InChI is InChI=1S/C23H25N5O7/c1-2-33-22(32)12-5-7-28(8-6-12)23-26-19-18(21(31)27-23)14(10-17(29)25-19)20(30)24-13-3-4-15-16(9-13)35-11-34-15/h3-4,9,12,14H,2,5-8,10-11H2,1H3,(H,24,30)(H2,25,26,27,29,31). The number of H-pyrrole nitrogens is 1. The summed E-state index contributed by atoms with van der Waals surface area (Å²) in [6.07, 6.45) is 0.942. The summed E-state index contributed by atoms with van der Waals surface area (Å²) >= 11 is 0. The highest BCUT2D eigenvalue weighted by atomic mass is 16.7. The van der Waals surface area contributed by atoms with Crippen molar-refractivity contribution < 1.29 is 28.6 Å². The number of piperidine rings is 1. The number of anilines is 3. The quantitative estimate of drug-likeness (QED) is 0.535. The molecule has 12 nitrogen and oxygen atoms in total. The number of fused-ring (bicyclic) bond motifs is 2. The fraction of sp³-hybridized carbons (Fsp3) is 0.435. The Labute approximate surface area is 200 Å². The number of aromatic amines is 1. The third kappa shape index (κ3) is 4.51. The van der Waals surface area contributed by atoms with Crippen LogP contribution in [0, 0.1) is 5.92 Å². The van der Waals surface area contributed by atoms with Crippen LogP contribution in [0.3, 0.4) is 0 Å². The zero-order valence-corrected chi connectivity index (χ0v) is 19.1. The molecule has 3 aliphatic heterocycles. The molecule has 184 valence electrons. The van der Waals surface area contributed by atoms with Gasteiger partial charge >= 0.3 is 5.97 Å². The Kier molecular flexibility index (Phi) is 6.01. The molecule has 1 fully saturated rings. The number of rotatable bonds is 5. The summed E-state index contributed by atoms with van der Waals surface area (Å²) in [5.41, 5.74) is 0.0635. The topological polar surface area (TPSA) is 152 Å². The van der Waals surface area contributed by atoms with Gasteiger partial charge in [0.15, 0.2) is 11.5 Å². The van der Waals surface area contributed by atoms with Crippen molar-refractivity contribution in [1.82, 2.24) is 9.97 Å². The van der Waals surface area contributed by atoms with Crippen LogP contribution in [-0.2, 0) is 19.1 Å². The fourth-order valence-corrected chi connectivity index (χ4v) is 4.52. The van der Waals surface area contributed by atoms with Gasteiger partial charge in [0.2, 0.25) is 24.6 Å². The van der Waals surface area contributed by atoms with Crippen LogP contribution in [0.1, 0.15) is 37.7 Å². The van der Waals surface area contributed by atoms with Crippen molar-refractivity contribution in [3.05, 3.63) is 34.1 Å². The van der Waals surface area contributed by atoms with Gasteiger partial charge in [0.05, 0.1) is 24.0 Å². The molecule has 1 saturated heterocycles. The molecule has 1 aromatic carbocycles. The summed E-state index contributed by atoms with van der Waals surface area (Å²) in [4.78, 5) is 59.5. The van der Waals surface area contributed by atoms with Crippen molar-refractivity contribution in [2.75, 3.05) is 42.0 Å². The number of hydrogen-bond donors (Lipinski definition) is 3. The number of aromatic nitrogens is 2. The second-order valence-corrected chi connectivity index (χ2v) is 8.53. The highest BCUT2D eigenvalue weighted by Gasteiger charge is 2.36. The third-order valence-electron chi connectivity index (χ3n) is 6.31. The van der Waals surface area contributed by atoms with E-state index in [1.165, 1.54) is 0 Å². The molecule has 3 N–H and O–H groups in total. The molecular weight excluding hydrogens is 458 g/mol. The summed E-state index contributed by atoms with van der Waals surface area (Å²) in [6, 6.07) is 4.95. The van der Waals surface area contributed by atoms with Crippen molar-refractivity contribution in [3.8, 4) is 11.5 Å². The average molecular weight is 483 g/mol. The Morgan fingerprint density at radius 2 is 1.97 bits per heavy atom. The van der Waals surface area contributed by atoms with Crippen LogP contribution in [0.15, 0.2) is 23.0 Å². The molecule has 1 atom stereocenters. The molecule has 2 amide bonds. The number of amides is 2. The van der Waals surface area contributed by atoms with Crippen LogP contribution in [0.25, 0.3) is 0 Å². The minimum Gasteiger partial charge on any atom is -0.466 e. The van der Waals surface area contributed by atoms with Crippen LogP contribution in [0.2, 0.25) is 0 Å². The molecule has 0 saturated carbocycles. The molecule has 1 unspecified atom stereocenters. The van der Waals surface area contributed by atoms with Gasteiger partial charge in [-0.1, -0.05) is 0 Å². The van der Waals surface area contributed by atoms with Gasteiger partial charge in [-0.2, -0.15) is 4.98 Å². The minimum absolute atomic E-state index is 0.0679. The number of ether oxygens (including phenoxy) is 3. The van der Waals surface area contributed by atoms with Gasteiger partial charge in [0.1, 0.15) is 5.82 Å². The van der Waals surface area contributed by atoms with E-state index in [4.69, 9.17) is 14.2 Å². The van der Waals surface area contributed by atoms with E-state index in [0.717, 1.165) is 0 Å². The van der Waals surface area contributed by atoms with E-state index in [-0.39, 0.29) is 42.4 Å². The van der Waals surface area contributed by atoms with Gasteiger partial charge in [-0.05, 0) is 31.9 Å². The van der Waals surface area contributed by atoms with E-state index in [1.54, 1.807) is 25.1 Å². The van der Waals surface area contributed by atoms with Gasteiger partial charge in [-0.25, -0.2) is 0 Å². The maximum atomic E-state index is 13.1. The number of nitrogens with zero attached hydrogens (tertiary/aromatic N) is 2. The molecular formula is C23H25N5O7. The number of benzene rings is 1. The van der Waals surface area contributed by atoms with Gasteiger partial charge in [0.25, 0.3) is 5.56 Å². The van der Waals surface area contributed by atoms with Gasteiger partial charge < -0.3 is 29.7 Å². The van der Waals surface area contributed by atoms with Crippen LogP contribution in [0.4, 0.5) is 17.5 Å². The molecule has 4 heterocycles. The Bertz CT molecular complexity index is 1240. The highest BCUT2D eigenvalue weighted by molar-refractivity contribution is 6.04. The van der Waals surface area contributed by atoms with Crippen molar-refractivity contribution in [1.29, 1.82) is 0 Å². The van der Waals surface area contributed by atoms with Crippen LogP contribution < -0.4 is 30.6 Å². The summed E-state index contributed by atoms with van der Waals surface area (Å²) in [7, 11) is 0. The van der Waals surface area contributed by atoms with Crippen molar-refractivity contribution in [3.63, 3.8) is 0 Å². The molecule has 35 heavy (non-hydrogen) atoms. The van der Waals surface area contributed by atoms with Crippen molar-refractivity contribution in [2.45, 2.75) is 32.1 Å². The maximum absolute atomic E-state index is 13.1. The van der Waals surface area contributed by atoms with Crippen LogP contribution >= 0.6 is 0 Å². The second kappa shape index (κ2) is 9.28. The number of carbonyl (C=O) groups is 3. The molecule has 1 aromatic heterocycles. The van der Waals surface area contributed by atoms with Gasteiger partial charge in [0, 0.05) is 31.3 Å². The molecule has 0 bridgehead atoms. The Hall–Kier alpha value is -4.09. The van der Waals surface area contributed by atoms with E-state index in [1.807, 2.05) is 4.90 Å². The predicted molar refractivity (Wildman–Crippen MR) is 124 cm³/mol. The number of hydrogen-bond acceptors (Lipinski definition) is 9. The maximum Gasteiger partial charge on any atom is 0.309 e. The first-order valence-corrected chi connectivity index (χ1v) is 11.5. The van der Waals surface area contributed by atoms with Gasteiger partial charge in [-0.15, -0.1) is 0 Å². The first-order chi connectivity index (χ1) is 16.9. The molecule has 12 heteroatoms. The van der Waals surface area contributed by atoms with E-state index >= 15 is 0 Å². The summed E-state index contributed by atoms with van der Waals surface area (Å²) in [5.74, 6) is -0.910. The second-order valence-electron chi connectivity index (χ2n) is 8.53. The molecule has 0 radical (unpaired) electrons. The molecule has 5 rings (SSSR count). The fourth-order valence-electron chi connectivity index (χ4n) is 4.52. The lowest BCUT2D eigenvalue weighted by Crippen LogP contribution is -2.41. The van der Waals surface area contributed by atoms with Crippen molar-refractivity contribution in [2.24, 2.45) is 5.92 Å². The lowest BCUT2D eigenvalue weighted by Gasteiger charge is -2.32. The largest absolute Gasteiger partial charge is 0.466 e. The smallest absolute Gasteiger partial charge is 0.309 e. The minimum atomic E-state index is -1.01. The Balaban J connectivity index is 1.34. The molecule has 0 spiro atoms. The number of carbonyl (C=O) groups excluding carboxylic acids is 3. The third-order valence-corrected chi connectivity index (χ3v) is 6.31. The first kappa shape index (κ1) is 22.7. The van der Waals surface area contributed by atoms with Crippen LogP contribution in [-0.4, -0.2) is 54.2 Å². The number of esters is 1. The zero-order chi connectivity index (χ0) is 24.5. The Morgan fingerprint density at radius 3 is 2.74 bits per heavy atom. The van der Waals surface area contributed by atoms with Gasteiger partial charge in [-0.3, -0.25) is 24.2 Å². The lowest BCUT2D eigenvalue weighted by atomic mass is 9.92. The number of nitrogens with one attached hydrogen (secondary N) is 3. The molecule has 0 aliphatic carbocycles. The zero-order valence-electron chi connectivity index (χ0n) is 19.1. The van der Waals surface area contributed by atoms with Crippen LogP contribution in [0.5, 0.6) is 11.5 Å². The van der Waals surface area contributed by atoms with E-state index in [9.17, 15) is 19.2 Å². The lowest BCUT2D eigenvalue weighted by molar-refractivity contribution is -0.148. The SMILES string of the molecule is CCOC(=O)C1CCN(c2nc3c(c(=O)[nH]2)C(C(=O)Nc2ccc4c(c2)OCO4)CC(=O)N3)CC1. The average Bonchev–Trinajstić information content (AvgIpc) is 3.31. The predicted octanol–water partition coefficient (Wildman–Crippen LogP) is 1.34. The highest BCUT2D eigenvalue weighted by Crippen LogP contribution is 2.35. The van der Waals surface area contributed by atoms with E-state index in [0.29, 0.717) is 49.7 Å². The molecule has 2 aromatic rings. The molecule has 3 aliphatic rings. The Morgan fingerprint density at radius 1 is 1.20 bits per heavy atom. The van der Waals surface area contributed by atoms with E-state index in [2.05, 4.69) is 20.6 Å². The monoisotopic (exact) mass is 483 g/mol. The normalized spacial score (nSPS) is 19.1. The van der Waals surface area contributed by atoms with E-state index < -0.39 is 23.3 Å². The van der Waals surface area contributed by atoms with Crippen molar-refractivity contribution >= 4 is 35.2 Å². The summed E-state index contributed by atoms with van der Waals surface area (Å²) in [5, 5.41) is 5.36. The summed E-state index contributed by atoms with van der Waals surface area (Å²) in [6.45, 7) is 3.20. The first-order valence-electron chi connectivity index (χ1n) is 11.5. The summed E-state index contributed by atoms with van der Waals surface area (Å²) < 4.78 is 15.7.